The molecule has 4 nitrogen and oxygen atoms in total. The Balaban J connectivity index is 3.44. The maximum Gasteiger partial charge on any atom is 0.435 e. The van der Waals surface area contributed by atoms with E-state index in [1.165, 1.54) is 18.3 Å². The predicted molar refractivity (Wildman–Crippen MR) is 89.8 cm³/mol. The minimum Gasteiger partial charge on any atom is -0.324 e. The van der Waals surface area contributed by atoms with Crippen molar-refractivity contribution in [2.45, 2.75) is 26.9 Å². The number of anilines is 1. The molecule has 1 aromatic heterocycles. The van der Waals surface area contributed by atoms with Crippen LogP contribution in [0.4, 0.5) is 18.9 Å². The third-order valence-corrected chi connectivity index (χ3v) is 2.94. The number of aromatic nitrogens is 1. The third kappa shape index (κ3) is 5.49. The lowest BCUT2D eigenvalue weighted by Gasteiger charge is -2.15. The number of hydrogen-bond donors (Lipinski definition) is 1. The molecule has 130 valence electrons. The topological polar surface area (TPSA) is 54.4 Å². The summed E-state index contributed by atoms with van der Waals surface area (Å²) in [7, 11) is 0. The normalized spacial score (nSPS) is 13.2. The van der Waals surface area contributed by atoms with Crippen molar-refractivity contribution in [1.29, 1.82) is 0 Å². The number of hydrogen-bond acceptors (Lipinski definition) is 3. The maximum atomic E-state index is 13.3. The van der Waals surface area contributed by atoms with Gasteiger partial charge in [0.05, 0.1) is 11.4 Å². The van der Waals surface area contributed by atoms with Crippen molar-refractivity contribution in [2.75, 3.05) is 5.32 Å². The SMILES string of the molecule is C=N/C=C(\C=C(/C)Cl)c1ccc(NC(=O)C(C)C)c(C(F)(F)F)n1. The Morgan fingerprint density at radius 3 is 2.50 bits per heavy atom. The summed E-state index contributed by atoms with van der Waals surface area (Å²) in [5, 5.41) is 2.58. The molecule has 0 radical (unpaired) electrons. The quantitative estimate of drug-likeness (QED) is 0.601. The molecule has 0 saturated heterocycles. The first kappa shape index (κ1) is 19.9. The maximum absolute atomic E-state index is 13.3. The monoisotopic (exact) mass is 359 g/mol. The van der Waals surface area contributed by atoms with Crippen molar-refractivity contribution in [3.63, 3.8) is 0 Å². The summed E-state index contributed by atoms with van der Waals surface area (Å²) < 4.78 is 39.8. The van der Waals surface area contributed by atoms with E-state index in [4.69, 9.17) is 11.6 Å². The highest BCUT2D eigenvalue weighted by molar-refractivity contribution is 6.29. The van der Waals surface area contributed by atoms with Gasteiger partial charge in [0, 0.05) is 22.7 Å². The summed E-state index contributed by atoms with van der Waals surface area (Å²) in [4.78, 5) is 18.9. The van der Waals surface area contributed by atoms with E-state index >= 15 is 0 Å². The summed E-state index contributed by atoms with van der Waals surface area (Å²) in [5.74, 6) is -0.997. The van der Waals surface area contributed by atoms with Crippen molar-refractivity contribution in [2.24, 2.45) is 10.9 Å². The number of aliphatic imine (C=N–C) groups is 1. The van der Waals surface area contributed by atoms with Gasteiger partial charge in [-0.2, -0.15) is 13.2 Å². The van der Waals surface area contributed by atoms with Crippen LogP contribution in [0.25, 0.3) is 5.57 Å². The average molecular weight is 360 g/mol. The lowest BCUT2D eigenvalue weighted by molar-refractivity contribution is -0.140. The van der Waals surface area contributed by atoms with Gasteiger partial charge in [0.2, 0.25) is 5.91 Å². The van der Waals surface area contributed by atoms with Crippen LogP contribution in [-0.4, -0.2) is 17.6 Å². The lowest BCUT2D eigenvalue weighted by atomic mass is 10.1. The first-order valence-electron chi connectivity index (χ1n) is 6.95. The van der Waals surface area contributed by atoms with E-state index in [9.17, 15) is 18.0 Å². The second-order valence-corrected chi connectivity index (χ2v) is 5.83. The Morgan fingerprint density at radius 1 is 1.42 bits per heavy atom. The van der Waals surface area contributed by atoms with E-state index in [0.29, 0.717) is 5.03 Å². The number of carbonyl (C=O) groups is 1. The van der Waals surface area contributed by atoms with E-state index in [2.05, 4.69) is 22.0 Å². The van der Waals surface area contributed by atoms with Gasteiger partial charge in [-0.1, -0.05) is 25.4 Å². The third-order valence-electron chi connectivity index (χ3n) is 2.83. The molecular weight excluding hydrogens is 343 g/mol. The second kappa shape index (κ2) is 8.10. The molecule has 0 aliphatic rings. The number of pyridine rings is 1. The zero-order chi connectivity index (χ0) is 18.5. The van der Waals surface area contributed by atoms with Gasteiger partial charge in [-0.25, -0.2) is 4.98 Å². The molecule has 0 aliphatic heterocycles. The van der Waals surface area contributed by atoms with Crippen LogP contribution < -0.4 is 5.32 Å². The van der Waals surface area contributed by atoms with Gasteiger partial charge < -0.3 is 5.32 Å². The van der Waals surface area contributed by atoms with Crippen LogP contribution in [0, 0.1) is 5.92 Å². The van der Waals surface area contributed by atoms with Gasteiger partial charge in [0.15, 0.2) is 5.69 Å². The number of carbonyl (C=O) groups excluding carboxylic acids is 1. The number of nitrogens with zero attached hydrogens (tertiary/aromatic N) is 2. The standard InChI is InChI=1S/C16H17ClF3N3O/c1-9(2)15(24)23-13-6-5-12(22-14(13)16(18,19)20)11(8-21-4)7-10(3)17/h5-9H,4H2,1-3H3,(H,23,24)/b10-7+,11-8+. The number of halogens is 4. The molecule has 0 aromatic carbocycles. The van der Waals surface area contributed by atoms with Crippen LogP contribution >= 0.6 is 11.6 Å². The zero-order valence-corrected chi connectivity index (χ0v) is 14.2. The number of alkyl halides is 3. The minimum absolute atomic E-state index is 0.0114. The molecule has 1 rings (SSSR count). The molecule has 0 spiro atoms. The molecule has 0 unspecified atom stereocenters. The molecule has 0 saturated carbocycles. The molecule has 1 amide bonds. The van der Waals surface area contributed by atoms with Crippen LogP contribution in [0.2, 0.25) is 0 Å². The summed E-state index contributed by atoms with van der Waals surface area (Å²) in [6.45, 7) is 8.00. The summed E-state index contributed by atoms with van der Waals surface area (Å²) in [6, 6.07) is 2.50. The van der Waals surface area contributed by atoms with E-state index in [-0.39, 0.29) is 11.3 Å². The predicted octanol–water partition coefficient (Wildman–Crippen LogP) is 4.88. The smallest absolute Gasteiger partial charge is 0.324 e. The second-order valence-electron chi connectivity index (χ2n) is 5.23. The molecule has 0 aliphatic carbocycles. The van der Waals surface area contributed by atoms with Gasteiger partial charge in [0.25, 0.3) is 0 Å². The van der Waals surface area contributed by atoms with Crippen molar-refractivity contribution in [3.8, 4) is 0 Å². The Morgan fingerprint density at radius 2 is 2.04 bits per heavy atom. The number of allylic oxidation sites excluding steroid dienone is 3. The molecular formula is C16H17ClF3N3O. The fraction of sp³-hybridized carbons (Fsp3) is 0.312. The Bertz CT molecular complexity index is 690. The highest BCUT2D eigenvalue weighted by Crippen LogP contribution is 2.35. The molecule has 8 heteroatoms. The molecule has 24 heavy (non-hydrogen) atoms. The number of rotatable bonds is 5. The number of amides is 1. The van der Waals surface area contributed by atoms with Crippen LogP contribution in [0.15, 0.2) is 34.4 Å². The Labute approximate surface area is 143 Å². The van der Waals surface area contributed by atoms with Crippen molar-refractivity contribution < 1.29 is 18.0 Å². The minimum atomic E-state index is -4.73. The van der Waals surface area contributed by atoms with Gasteiger partial charge in [-0.05, 0) is 31.9 Å². The Hall–Kier alpha value is -2.15. The highest BCUT2D eigenvalue weighted by atomic mass is 35.5. The van der Waals surface area contributed by atoms with E-state index < -0.39 is 29.4 Å². The first-order valence-corrected chi connectivity index (χ1v) is 7.33. The van der Waals surface area contributed by atoms with Crippen LogP contribution in [0.3, 0.4) is 0 Å². The van der Waals surface area contributed by atoms with Crippen molar-refractivity contribution in [3.05, 3.63) is 40.8 Å². The Kier molecular flexibility index (Phi) is 6.71. The van der Waals surface area contributed by atoms with E-state index in [1.807, 2.05) is 0 Å². The summed E-state index contributed by atoms with van der Waals surface area (Å²) in [6.07, 6.45) is -2.06. The molecule has 0 bridgehead atoms. The van der Waals surface area contributed by atoms with E-state index in [0.717, 1.165) is 6.07 Å². The zero-order valence-electron chi connectivity index (χ0n) is 13.4. The average Bonchev–Trinajstić information content (AvgIpc) is 2.45. The molecule has 1 N–H and O–H groups in total. The molecule has 1 aromatic rings. The molecule has 0 fully saturated rings. The van der Waals surface area contributed by atoms with Crippen LogP contribution in [0.1, 0.15) is 32.2 Å². The van der Waals surface area contributed by atoms with Gasteiger partial charge in [-0.3, -0.25) is 9.79 Å². The van der Waals surface area contributed by atoms with Gasteiger partial charge >= 0.3 is 6.18 Å². The van der Waals surface area contributed by atoms with Crippen molar-refractivity contribution >= 4 is 35.5 Å². The van der Waals surface area contributed by atoms with Crippen molar-refractivity contribution in [1.82, 2.24) is 4.98 Å². The highest BCUT2D eigenvalue weighted by Gasteiger charge is 2.36. The fourth-order valence-electron chi connectivity index (χ4n) is 1.70. The number of nitrogens with one attached hydrogen (secondary N) is 1. The fourth-order valence-corrected chi connectivity index (χ4v) is 1.82. The summed E-state index contributed by atoms with van der Waals surface area (Å²) >= 11 is 5.77. The largest absolute Gasteiger partial charge is 0.435 e. The van der Waals surface area contributed by atoms with Gasteiger partial charge in [-0.15, -0.1) is 0 Å². The van der Waals surface area contributed by atoms with E-state index in [1.54, 1.807) is 20.8 Å². The van der Waals surface area contributed by atoms with Crippen LogP contribution in [-0.2, 0) is 11.0 Å². The molecule has 0 atom stereocenters. The summed E-state index contributed by atoms with van der Waals surface area (Å²) in [5.41, 5.74) is -1.31. The first-order chi connectivity index (χ1) is 11.1. The lowest BCUT2D eigenvalue weighted by Crippen LogP contribution is -2.21. The van der Waals surface area contributed by atoms with Gasteiger partial charge in [0.1, 0.15) is 0 Å². The van der Waals surface area contributed by atoms with Crippen LogP contribution in [0.5, 0.6) is 0 Å². The molecule has 1 heterocycles.